The summed E-state index contributed by atoms with van der Waals surface area (Å²) in [6.45, 7) is 7.43. The topological polar surface area (TPSA) is 86.8 Å². The Morgan fingerprint density at radius 1 is 0.902 bits per heavy atom. The Bertz CT molecular complexity index is 1460. The van der Waals surface area contributed by atoms with Crippen LogP contribution in [0.1, 0.15) is 38.3 Å². The molecule has 3 rings (SSSR count). The van der Waals surface area contributed by atoms with E-state index in [1.807, 2.05) is 20.8 Å². The summed E-state index contributed by atoms with van der Waals surface area (Å²) in [4.78, 5) is 28.8. The molecule has 7 nitrogen and oxygen atoms in total. The third-order valence-electron chi connectivity index (χ3n) is 6.43. The molecule has 0 bridgehead atoms. The molecular weight excluding hydrogens is 605 g/mol. The maximum atomic E-state index is 14.1. The lowest BCUT2D eigenvalue weighted by molar-refractivity contribution is -0.140. The average molecular weight is 639 g/mol. The van der Waals surface area contributed by atoms with E-state index in [1.54, 1.807) is 49.4 Å². The minimum absolute atomic E-state index is 0.0263. The largest absolute Gasteiger partial charge is 0.354 e. The van der Waals surface area contributed by atoms with Crippen molar-refractivity contribution in [1.29, 1.82) is 0 Å². The summed E-state index contributed by atoms with van der Waals surface area (Å²) in [5, 5.41) is 4.07. The third-order valence-corrected chi connectivity index (χ3v) is 9.06. The molecule has 0 spiro atoms. The molecule has 11 heteroatoms. The first kappa shape index (κ1) is 32.7. The summed E-state index contributed by atoms with van der Waals surface area (Å²) in [6, 6.07) is 16.6. The Hall–Kier alpha value is -2.78. The van der Waals surface area contributed by atoms with Gasteiger partial charge in [-0.3, -0.25) is 13.9 Å². The lowest BCUT2D eigenvalue weighted by Crippen LogP contribution is -2.52. The molecule has 0 unspecified atom stereocenters. The number of nitrogens with zero attached hydrogens (tertiary/aromatic N) is 2. The number of carbonyl (C=O) groups excluding carboxylic acids is 2. The van der Waals surface area contributed by atoms with Crippen molar-refractivity contribution in [2.24, 2.45) is 5.92 Å². The second-order valence-corrected chi connectivity index (χ2v) is 13.3. The first-order valence-corrected chi connectivity index (χ1v) is 15.8. The van der Waals surface area contributed by atoms with Crippen LogP contribution in [0.15, 0.2) is 71.6 Å². The maximum absolute atomic E-state index is 14.1. The zero-order valence-electron chi connectivity index (χ0n) is 23.4. The number of hydrogen-bond acceptors (Lipinski definition) is 4. The second-order valence-electron chi connectivity index (χ2n) is 10.1. The summed E-state index contributed by atoms with van der Waals surface area (Å²) in [5.41, 5.74) is 1.71. The molecule has 0 radical (unpaired) electrons. The van der Waals surface area contributed by atoms with E-state index in [9.17, 15) is 18.0 Å². The van der Waals surface area contributed by atoms with E-state index in [0.717, 1.165) is 9.87 Å². The monoisotopic (exact) mass is 637 g/mol. The Labute approximate surface area is 257 Å². The zero-order valence-corrected chi connectivity index (χ0v) is 26.5. The highest BCUT2D eigenvalue weighted by molar-refractivity contribution is 7.92. The van der Waals surface area contributed by atoms with E-state index in [1.165, 1.54) is 29.2 Å². The first-order chi connectivity index (χ1) is 19.3. The molecule has 0 aromatic heterocycles. The third kappa shape index (κ3) is 8.61. The van der Waals surface area contributed by atoms with Crippen LogP contribution in [-0.4, -0.2) is 44.3 Å². The minimum Gasteiger partial charge on any atom is -0.354 e. The zero-order chi connectivity index (χ0) is 30.3. The van der Waals surface area contributed by atoms with Crippen molar-refractivity contribution in [2.45, 2.75) is 51.6 Å². The molecule has 1 atom stereocenters. The van der Waals surface area contributed by atoms with Crippen LogP contribution in [0, 0.1) is 12.8 Å². The van der Waals surface area contributed by atoms with Crippen molar-refractivity contribution in [1.82, 2.24) is 10.2 Å². The molecule has 2 amide bonds. The SMILES string of the molecule is CC[C@H](C(=O)NCC(C)C)N(Cc1ccc(Cl)cc1Cl)C(=O)CN(c1ccc(Cl)cc1)S(=O)(=O)c1ccc(C)cc1. The fourth-order valence-corrected chi connectivity index (χ4v) is 6.16. The van der Waals surface area contributed by atoms with Crippen LogP contribution in [0.25, 0.3) is 0 Å². The van der Waals surface area contributed by atoms with Gasteiger partial charge in [-0.25, -0.2) is 8.42 Å². The van der Waals surface area contributed by atoms with Crippen LogP contribution < -0.4 is 9.62 Å². The Morgan fingerprint density at radius 2 is 1.51 bits per heavy atom. The van der Waals surface area contributed by atoms with Crippen molar-refractivity contribution in [3.8, 4) is 0 Å². The fourth-order valence-electron chi connectivity index (χ4n) is 4.15. The van der Waals surface area contributed by atoms with Gasteiger partial charge in [-0.1, -0.05) is 79.3 Å². The van der Waals surface area contributed by atoms with Crippen molar-refractivity contribution in [3.63, 3.8) is 0 Å². The first-order valence-electron chi connectivity index (χ1n) is 13.2. The molecule has 3 aromatic carbocycles. The van der Waals surface area contributed by atoms with Gasteiger partial charge in [0.15, 0.2) is 0 Å². The van der Waals surface area contributed by atoms with Crippen molar-refractivity contribution < 1.29 is 18.0 Å². The minimum atomic E-state index is -4.17. The fraction of sp³-hybridized carbons (Fsp3) is 0.333. The highest BCUT2D eigenvalue weighted by atomic mass is 35.5. The molecule has 0 aliphatic carbocycles. The molecule has 3 aromatic rings. The second kappa shape index (κ2) is 14.4. The van der Waals surface area contributed by atoms with E-state index in [2.05, 4.69) is 5.32 Å². The van der Waals surface area contributed by atoms with Gasteiger partial charge >= 0.3 is 0 Å². The van der Waals surface area contributed by atoms with Gasteiger partial charge < -0.3 is 10.2 Å². The molecular formula is C30H34Cl3N3O4S. The quantitative estimate of drug-likeness (QED) is 0.238. The van der Waals surface area contributed by atoms with Gasteiger partial charge in [0.05, 0.1) is 10.6 Å². The number of aryl methyl sites for hydroxylation is 1. The van der Waals surface area contributed by atoms with Gasteiger partial charge in [0, 0.05) is 28.2 Å². The number of rotatable bonds is 12. The summed E-state index contributed by atoms with van der Waals surface area (Å²) >= 11 is 18.6. The highest BCUT2D eigenvalue weighted by Crippen LogP contribution is 2.28. The number of sulfonamides is 1. The normalized spacial score (nSPS) is 12.2. The molecule has 0 aliphatic heterocycles. The summed E-state index contributed by atoms with van der Waals surface area (Å²) in [5.74, 6) is -0.710. The van der Waals surface area contributed by atoms with Gasteiger partial charge in [-0.15, -0.1) is 0 Å². The van der Waals surface area contributed by atoms with Gasteiger partial charge in [0.2, 0.25) is 11.8 Å². The van der Waals surface area contributed by atoms with Crippen LogP contribution in [0.5, 0.6) is 0 Å². The highest BCUT2D eigenvalue weighted by Gasteiger charge is 2.34. The number of nitrogens with one attached hydrogen (secondary N) is 1. The number of amides is 2. The smallest absolute Gasteiger partial charge is 0.264 e. The number of anilines is 1. The predicted octanol–water partition coefficient (Wildman–Crippen LogP) is 6.73. The molecule has 1 N–H and O–H groups in total. The molecule has 0 fully saturated rings. The van der Waals surface area contributed by atoms with E-state index in [4.69, 9.17) is 34.8 Å². The molecule has 220 valence electrons. The van der Waals surface area contributed by atoms with Crippen LogP contribution in [0.2, 0.25) is 15.1 Å². The molecule has 0 heterocycles. The van der Waals surface area contributed by atoms with Crippen LogP contribution >= 0.6 is 34.8 Å². The summed E-state index contributed by atoms with van der Waals surface area (Å²) < 4.78 is 28.8. The Morgan fingerprint density at radius 3 is 2.07 bits per heavy atom. The Kier molecular flexibility index (Phi) is 11.5. The number of carbonyl (C=O) groups is 2. The average Bonchev–Trinajstić information content (AvgIpc) is 2.92. The van der Waals surface area contributed by atoms with Crippen LogP contribution in [0.3, 0.4) is 0 Å². The van der Waals surface area contributed by atoms with Crippen LogP contribution in [0.4, 0.5) is 5.69 Å². The van der Waals surface area contributed by atoms with E-state index >= 15 is 0 Å². The van der Waals surface area contributed by atoms with Crippen molar-refractivity contribution in [3.05, 3.63) is 92.9 Å². The molecule has 0 saturated heterocycles. The standard InChI is InChI=1S/C30H34Cl3N3O4S/c1-5-28(30(38)34-17-20(2)3)35(18-22-8-9-24(32)16-27(22)33)29(37)19-36(25-12-10-23(31)11-13-25)41(39,40)26-14-6-21(4)7-15-26/h6-16,20,28H,5,17-19H2,1-4H3,(H,34,38)/t28-/m1/s1. The van der Waals surface area contributed by atoms with Gasteiger partial charge in [-0.2, -0.15) is 0 Å². The van der Waals surface area contributed by atoms with E-state index in [-0.39, 0.29) is 29.0 Å². The van der Waals surface area contributed by atoms with Crippen molar-refractivity contribution >= 4 is 62.3 Å². The molecule has 0 aliphatic rings. The molecule has 0 saturated carbocycles. The van der Waals surface area contributed by atoms with Gasteiger partial charge in [0.25, 0.3) is 10.0 Å². The van der Waals surface area contributed by atoms with Gasteiger partial charge in [0.1, 0.15) is 12.6 Å². The summed E-state index contributed by atoms with van der Waals surface area (Å²) in [6.07, 6.45) is 0.298. The van der Waals surface area contributed by atoms with E-state index < -0.39 is 28.5 Å². The lowest BCUT2D eigenvalue weighted by atomic mass is 10.1. The van der Waals surface area contributed by atoms with Crippen molar-refractivity contribution in [2.75, 3.05) is 17.4 Å². The number of halogens is 3. The number of hydrogen-bond donors (Lipinski definition) is 1. The van der Waals surface area contributed by atoms with E-state index in [0.29, 0.717) is 33.6 Å². The van der Waals surface area contributed by atoms with Gasteiger partial charge in [-0.05, 0) is 73.4 Å². The Balaban J connectivity index is 2.06. The predicted molar refractivity (Wildman–Crippen MR) is 166 cm³/mol. The molecule has 41 heavy (non-hydrogen) atoms. The maximum Gasteiger partial charge on any atom is 0.264 e. The lowest BCUT2D eigenvalue weighted by Gasteiger charge is -2.33. The van der Waals surface area contributed by atoms with Crippen LogP contribution in [-0.2, 0) is 26.2 Å². The summed E-state index contributed by atoms with van der Waals surface area (Å²) in [7, 11) is -4.17. The number of benzene rings is 3.